The average Bonchev–Trinajstić information content (AvgIpc) is 3.34. The number of thiazole rings is 1. The smallest absolute Gasteiger partial charge is 0.321 e. The minimum absolute atomic E-state index is 0.162. The topological polar surface area (TPSA) is 82.5 Å². The number of likely N-dealkylation sites (tertiary alicyclic amines) is 1. The fraction of sp³-hybridized carbons (Fsp3) is 0.471. The normalized spacial score (nSPS) is 18.8. The monoisotopic (exact) mass is 345 g/mol. The Morgan fingerprint density at radius 3 is 2.62 bits per heavy atom. The van der Waals surface area contributed by atoms with Crippen LogP contribution in [0.2, 0.25) is 0 Å². The van der Waals surface area contributed by atoms with E-state index in [9.17, 15) is 9.59 Å². The molecule has 2 amide bonds. The maximum Gasteiger partial charge on any atom is 0.321 e. The first-order valence-corrected chi connectivity index (χ1v) is 9.11. The fourth-order valence-electron chi connectivity index (χ4n) is 3.06. The van der Waals surface area contributed by atoms with E-state index in [1.807, 2.05) is 18.2 Å². The Labute approximate surface area is 143 Å². The Bertz CT molecular complexity index is 791. The number of piperidine rings is 1. The molecule has 24 heavy (non-hydrogen) atoms. The second kappa shape index (κ2) is 6.05. The van der Waals surface area contributed by atoms with E-state index in [0.717, 1.165) is 15.9 Å². The zero-order chi connectivity index (χ0) is 16.7. The molecule has 0 radical (unpaired) electrons. The van der Waals surface area contributed by atoms with Crippen molar-refractivity contribution in [3.8, 4) is 0 Å². The van der Waals surface area contributed by atoms with Gasteiger partial charge in [-0.1, -0.05) is 0 Å². The molecule has 2 aliphatic rings. The number of amides is 2. The van der Waals surface area contributed by atoms with Gasteiger partial charge in [0.1, 0.15) is 0 Å². The van der Waals surface area contributed by atoms with Gasteiger partial charge in [0.25, 0.3) is 0 Å². The Morgan fingerprint density at radius 1 is 1.21 bits per heavy atom. The van der Waals surface area contributed by atoms with Gasteiger partial charge in [-0.15, -0.1) is 11.3 Å². The number of rotatable bonds is 3. The van der Waals surface area contributed by atoms with Crippen LogP contribution in [0.25, 0.3) is 10.2 Å². The number of hydrogen-bond donors (Lipinski definition) is 2. The van der Waals surface area contributed by atoms with Crippen molar-refractivity contribution in [2.75, 3.05) is 18.4 Å². The summed E-state index contributed by atoms with van der Waals surface area (Å²) in [5, 5.41) is 13.1. The highest BCUT2D eigenvalue weighted by Crippen LogP contribution is 2.43. The number of hydrogen-bond acceptors (Lipinski definition) is 4. The number of benzene rings is 1. The molecule has 126 valence electrons. The van der Waals surface area contributed by atoms with E-state index in [0.29, 0.717) is 31.8 Å². The number of fused-ring (bicyclic) bond motifs is 1. The molecule has 2 fully saturated rings. The Hall–Kier alpha value is -2.15. The van der Waals surface area contributed by atoms with Gasteiger partial charge in [0.15, 0.2) is 0 Å². The van der Waals surface area contributed by atoms with Crippen LogP contribution in [-0.4, -0.2) is 40.1 Å². The van der Waals surface area contributed by atoms with Crippen molar-refractivity contribution in [2.24, 2.45) is 5.92 Å². The Kier molecular flexibility index (Phi) is 3.88. The van der Waals surface area contributed by atoms with Gasteiger partial charge in [-0.25, -0.2) is 9.78 Å². The summed E-state index contributed by atoms with van der Waals surface area (Å²) in [4.78, 5) is 29.7. The first-order chi connectivity index (χ1) is 11.6. The number of carboxylic acid groups (broad SMARTS) is 1. The zero-order valence-electron chi connectivity index (χ0n) is 13.2. The van der Waals surface area contributed by atoms with E-state index in [2.05, 4.69) is 10.3 Å². The van der Waals surface area contributed by atoms with E-state index in [4.69, 9.17) is 5.11 Å². The van der Waals surface area contributed by atoms with Crippen molar-refractivity contribution in [1.29, 1.82) is 0 Å². The Morgan fingerprint density at radius 2 is 1.96 bits per heavy atom. The van der Waals surface area contributed by atoms with Crippen LogP contribution in [0.4, 0.5) is 10.5 Å². The van der Waals surface area contributed by atoms with Crippen molar-refractivity contribution in [1.82, 2.24) is 9.88 Å². The first kappa shape index (κ1) is 15.4. The standard InChI is InChI=1S/C17H19N3O3S/c21-16(22)11-5-7-20(8-6-11)17(23)18-12-3-4-13-14(9-12)24-15(19-13)10-1-2-10/h3-4,9-11H,1-2,5-8H2,(H,18,23)(H,21,22). The molecule has 0 spiro atoms. The number of anilines is 1. The van der Waals surface area contributed by atoms with E-state index < -0.39 is 5.97 Å². The van der Waals surface area contributed by atoms with Crippen molar-refractivity contribution < 1.29 is 14.7 Å². The summed E-state index contributed by atoms with van der Waals surface area (Å²) in [7, 11) is 0. The van der Waals surface area contributed by atoms with Crippen LogP contribution in [0, 0.1) is 5.92 Å². The minimum Gasteiger partial charge on any atom is -0.481 e. The van der Waals surface area contributed by atoms with Crippen molar-refractivity contribution >= 4 is 39.2 Å². The highest BCUT2D eigenvalue weighted by molar-refractivity contribution is 7.18. The van der Waals surface area contributed by atoms with Gasteiger partial charge < -0.3 is 15.3 Å². The number of aromatic nitrogens is 1. The molecule has 1 aliphatic carbocycles. The van der Waals surface area contributed by atoms with Crippen LogP contribution < -0.4 is 5.32 Å². The summed E-state index contributed by atoms with van der Waals surface area (Å²) in [6.45, 7) is 0.967. The average molecular weight is 345 g/mol. The highest BCUT2D eigenvalue weighted by Gasteiger charge is 2.28. The van der Waals surface area contributed by atoms with Crippen molar-refractivity contribution in [3.05, 3.63) is 23.2 Å². The largest absolute Gasteiger partial charge is 0.481 e. The van der Waals surface area contributed by atoms with E-state index in [-0.39, 0.29) is 11.9 Å². The molecular formula is C17H19N3O3S. The van der Waals surface area contributed by atoms with Gasteiger partial charge in [-0.3, -0.25) is 4.79 Å². The molecule has 7 heteroatoms. The highest BCUT2D eigenvalue weighted by atomic mass is 32.1. The number of carboxylic acids is 1. The van der Waals surface area contributed by atoms with Crippen LogP contribution in [-0.2, 0) is 4.79 Å². The van der Waals surface area contributed by atoms with Crippen LogP contribution in [0.15, 0.2) is 18.2 Å². The number of nitrogens with zero attached hydrogens (tertiary/aromatic N) is 2. The third-order valence-electron chi connectivity index (χ3n) is 4.71. The number of carbonyl (C=O) groups excluding carboxylic acids is 1. The zero-order valence-corrected chi connectivity index (χ0v) is 14.0. The summed E-state index contributed by atoms with van der Waals surface area (Å²) in [5.41, 5.74) is 1.75. The second-order valence-corrected chi connectivity index (χ2v) is 7.60. The van der Waals surface area contributed by atoms with Gasteiger partial charge in [0.2, 0.25) is 0 Å². The maximum atomic E-state index is 12.4. The lowest BCUT2D eigenvalue weighted by Crippen LogP contribution is -2.42. The number of carbonyl (C=O) groups is 2. The number of urea groups is 1. The van der Waals surface area contributed by atoms with Crippen LogP contribution in [0.5, 0.6) is 0 Å². The van der Waals surface area contributed by atoms with Crippen molar-refractivity contribution in [3.63, 3.8) is 0 Å². The molecule has 2 aromatic rings. The minimum atomic E-state index is -0.767. The van der Waals surface area contributed by atoms with Gasteiger partial charge in [0, 0.05) is 24.7 Å². The quantitative estimate of drug-likeness (QED) is 0.892. The van der Waals surface area contributed by atoms with E-state index in [1.54, 1.807) is 16.2 Å². The molecule has 1 saturated carbocycles. The predicted octanol–water partition coefficient (Wildman–Crippen LogP) is 3.50. The molecule has 4 rings (SSSR count). The molecular weight excluding hydrogens is 326 g/mol. The lowest BCUT2D eigenvalue weighted by atomic mass is 9.97. The van der Waals surface area contributed by atoms with Gasteiger partial charge in [-0.2, -0.15) is 0 Å². The summed E-state index contributed by atoms with van der Waals surface area (Å²) in [6, 6.07) is 5.64. The summed E-state index contributed by atoms with van der Waals surface area (Å²) in [6.07, 6.45) is 3.49. The van der Waals surface area contributed by atoms with E-state index in [1.165, 1.54) is 17.8 Å². The number of aliphatic carboxylic acids is 1. The molecule has 2 heterocycles. The first-order valence-electron chi connectivity index (χ1n) is 8.29. The third-order valence-corrected chi connectivity index (χ3v) is 5.89. The molecule has 1 aliphatic heterocycles. The maximum absolute atomic E-state index is 12.4. The van der Waals surface area contributed by atoms with Crippen LogP contribution >= 0.6 is 11.3 Å². The second-order valence-electron chi connectivity index (χ2n) is 6.54. The molecule has 0 bridgehead atoms. The fourth-order valence-corrected chi connectivity index (χ4v) is 4.23. The van der Waals surface area contributed by atoms with Gasteiger partial charge in [-0.05, 0) is 43.9 Å². The molecule has 2 N–H and O–H groups in total. The summed E-state index contributed by atoms with van der Waals surface area (Å²) in [5.74, 6) is -0.461. The summed E-state index contributed by atoms with van der Waals surface area (Å²) >= 11 is 1.71. The molecule has 0 atom stereocenters. The van der Waals surface area contributed by atoms with Gasteiger partial charge >= 0.3 is 12.0 Å². The third kappa shape index (κ3) is 3.08. The molecule has 1 saturated heterocycles. The van der Waals surface area contributed by atoms with Crippen molar-refractivity contribution in [2.45, 2.75) is 31.6 Å². The lowest BCUT2D eigenvalue weighted by Gasteiger charge is -2.30. The predicted molar refractivity (Wildman–Crippen MR) is 92.5 cm³/mol. The molecule has 1 aromatic carbocycles. The Balaban J connectivity index is 1.42. The lowest BCUT2D eigenvalue weighted by molar-refractivity contribution is -0.143. The SMILES string of the molecule is O=C(O)C1CCN(C(=O)Nc2ccc3nc(C4CC4)sc3c2)CC1. The van der Waals surface area contributed by atoms with Crippen LogP contribution in [0.3, 0.4) is 0 Å². The molecule has 0 unspecified atom stereocenters. The number of nitrogens with one attached hydrogen (secondary N) is 1. The molecule has 1 aromatic heterocycles. The van der Waals surface area contributed by atoms with E-state index >= 15 is 0 Å². The van der Waals surface area contributed by atoms with Crippen LogP contribution in [0.1, 0.15) is 36.6 Å². The van der Waals surface area contributed by atoms with Gasteiger partial charge in [0.05, 0.1) is 21.1 Å². The molecule has 6 nitrogen and oxygen atoms in total. The summed E-state index contributed by atoms with van der Waals surface area (Å²) < 4.78 is 1.10.